The van der Waals surface area contributed by atoms with E-state index in [-0.39, 0.29) is 29.4 Å². The minimum Gasteiger partial charge on any atom is -0.506 e. The van der Waals surface area contributed by atoms with Crippen LogP contribution in [0.25, 0.3) is 0 Å². The molecule has 0 fully saturated rings. The molecule has 0 spiro atoms. The number of methoxy groups -OCH3 is 1. The van der Waals surface area contributed by atoms with Crippen LogP contribution in [0, 0.1) is 6.92 Å². The number of ether oxygens (including phenoxy) is 1. The largest absolute Gasteiger partial charge is 0.506 e. The van der Waals surface area contributed by atoms with E-state index in [4.69, 9.17) is 4.74 Å². The number of alkyl halides is 3. The molecule has 4 rings (SSSR count). The number of nitrogens with one attached hydrogen (secondary N) is 2. The molecule has 10 heteroatoms. The summed E-state index contributed by atoms with van der Waals surface area (Å²) in [5.74, 6) is -0.200. The first kappa shape index (κ1) is 21.5. The molecule has 2 unspecified atom stereocenters. The van der Waals surface area contributed by atoms with Gasteiger partial charge in [-0.2, -0.15) is 18.3 Å². The first-order valence-electron chi connectivity index (χ1n) is 9.83. The van der Waals surface area contributed by atoms with Crippen LogP contribution in [0.4, 0.5) is 24.7 Å². The van der Waals surface area contributed by atoms with Crippen molar-refractivity contribution < 1.29 is 27.8 Å². The van der Waals surface area contributed by atoms with Crippen molar-refractivity contribution in [3.8, 4) is 11.5 Å². The number of carbonyl (C=O) groups is 1. The number of benzene rings is 2. The molecule has 168 valence electrons. The normalized spacial score (nSPS) is 17.9. The molecule has 2 heterocycles. The van der Waals surface area contributed by atoms with Crippen LogP contribution in [0.1, 0.15) is 40.1 Å². The highest BCUT2D eigenvalue weighted by Gasteiger charge is 2.46. The molecule has 32 heavy (non-hydrogen) atoms. The molecule has 7 nitrogen and oxygen atoms in total. The fourth-order valence-corrected chi connectivity index (χ4v) is 3.68. The average molecular weight is 446 g/mol. The number of carbonyl (C=O) groups excluding carboxylic acids is 1. The number of hydrogen-bond acceptors (Lipinski definition) is 5. The summed E-state index contributed by atoms with van der Waals surface area (Å²) in [5, 5.41) is 19.4. The van der Waals surface area contributed by atoms with E-state index in [1.54, 1.807) is 43.3 Å². The number of aryl methyl sites for hydroxylation is 1. The maximum atomic E-state index is 13.8. The number of aromatic hydroxyl groups is 1. The zero-order valence-corrected chi connectivity index (χ0v) is 17.3. The number of fused-ring (bicyclic) bond motifs is 1. The van der Waals surface area contributed by atoms with Gasteiger partial charge < -0.3 is 20.5 Å². The third-order valence-electron chi connectivity index (χ3n) is 5.34. The number of amides is 1. The third kappa shape index (κ3) is 4.20. The van der Waals surface area contributed by atoms with Crippen LogP contribution >= 0.6 is 0 Å². The van der Waals surface area contributed by atoms with Gasteiger partial charge in [0.25, 0.3) is 5.91 Å². The van der Waals surface area contributed by atoms with E-state index >= 15 is 0 Å². The standard InChI is InChI=1S/C22H21F3N4O3/c1-12-3-8-18(30)16(9-12)27-21(31)17-11-20-26-15(13-4-6-14(32-2)7-5-13)10-19(22(23,24)25)29(20)28-17/h3-9,11,15,19,26,30H,10H2,1-2H3,(H,27,31). The van der Waals surface area contributed by atoms with Gasteiger partial charge in [0.15, 0.2) is 11.7 Å². The maximum Gasteiger partial charge on any atom is 0.410 e. The van der Waals surface area contributed by atoms with Crippen molar-refractivity contribution in [1.82, 2.24) is 9.78 Å². The Hall–Kier alpha value is -3.69. The van der Waals surface area contributed by atoms with E-state index in [0.29, 0.717) is 11.3 Å². The lowest BCUT2D eigenvalue weighted by Gasteiger charge is -2.33. The number of anilines is 2. The Morgan fingerprint density at radius 2 is 1.94 bits per heavy atom. The number of rotatable bonds is 4. The minimum atomic E-state index is -4.56. The lowest BCUT2D eigenvalue weighted by atomic mass is 9.97. The molecule has 3 N–H and O–H groups in total. The number of aromatic nitrogens is 2. The van der Waals surface area contributed by atoms with Gasteiger partial charge >= 0.3 is 6.18 Å². The predicted octanol–water partition coefficient (Wildman–Crippen LogP) is 4.82. The molecule has 1 aliphatic rings. The summed E-state index contributed by atoms with van der Waals surface area (Å²) < 4.78 is 47.4. The molecule has 0 aliphatic carbocycles. The van der Waals surface area contributed by atoms with Crippen molar-refractivity contribution >= 4 is 17.4 Å². The summed E-state index contributed by atoms with van der Waals surface area (Å²) in [6, 6.07) is 10.1. The number of phenolic OH excluding ortho intramolecular Hbond substituents is 1. The van der Waals surface area contributed by atoms with Crippen LogP contribution in [0.2, 0.25) is 0 Å². The molecular formula is C22H21F3N4O3. The molecule has 2 aromatic carbocycles. The maximum absolute atomic E-state index is 13.8. The first-order chi connectivity index (χ1) is 15.2. The van der Waals surface area contributed by atoms with Crippen LogP contribution in [0.3, 0.4) is 0 Å². The fraction of sp³-hybridized carbons (Fsp3) is 0.273. The van der Waals surface area contributed by atoms with Crippen molar-refractivity contribution in [2.45, 2.75) is 31.6 Å². The second-order valence-corrected chi connectivity index (χ2v) is 7.60. The average Bonchev–Trinajstić information content (AvgIpc) is 3.19. The van der Waals surface area contributed by atoms with Crippen molar-refractivity contribution in [3.63, 3.8) is 0 Å². The highest BCUT2D eigenvalue weighted by molar-refractivity contribution is 6.04. The van der Waals surface area contributed by atoms with Gasteiger partial charge in [-0.25, -0.2) is 4.68 Å². The van der Waals surface area contributed by atoms with Crippen LogP contribution in [-0.2, 0) is 0 Å². The van der Waals surface area contributed by atoms with Crippen LogP contribution in [0.5, 0.6) is 11.5 Å². The monoisotopic (exact) mass is 446 g/mol. The quantitative estimate of drug-likeness (QED) is 0.500. The Morgan fingerprint density at radius 3 is 2.59 bits per heavy atom. The summed E-state index contributed by atoms with van der Waals surface area (Å²) in [7, 11) is 1.51. The highest BCUT2D eigenvalue weighted by Crippen LogP contribution is 2.43. The number of halogens is 3. The number of hydrogen-bond donors (Lipinski definition) is 3. The lowest BCUT2D eigenvalue weighted by molar-refractivity contribution is -0.173. The minimum absolute atomic E-state index is 0.0815. The van der Waals surface area contributed by atoms with E-state index in [2.05, 4.69) is 15.7 Å². The Kier molecular flexibility index (Phi) is 5.45. The lowest BCUT2D eigenvalue weighted by Crippen LogP contribution is -2.35. The van der Waals surface area contributed by atoms with Crippen molar-refractivity contribution in [2.75, 3.05) is 17.7 Å². The zero-order valence-electron chi connectivity index (χ0n) is 17.3. The van der Waals surface area contributed by atoms with Crippen LogP contribution in [-0.4, -0.2) is 34.1 Å². The van der Waals surface area contributed by atoms with Gasteiger partial charge in [0.1, 0.15) is 17.3 Å². The third-order valence-corrected chi connectivity index (χ3v) is 5.34. The van der Waals surface area contributed by atoms with Crippen LogP contribution in [0.15, 0.2) is 48.5 Å². The van der Waals surface area contributed by atoms with Crippen molar-refractivity contribution in [3.05, 3.63) is 65.4 Å². The van der Waals surface area contributed by atoms with E-state index < -0.39 is 24.2 Å². The Balaban J connectivity index is 1.64. The van der Waals surface area contributed by atoms with Crippen LogP contribution < -0.4 is 15.4 Å². The molecule has 1 aromatic heterocycles. The topological polar surface area (TPSA) is 88.4 Å². The van der Waals surface area contributed by atoms with Gasteiger partial charge in [0.2, 0.25) is 0 Å². The Bertz CT molecular complexity index is 1140. The summed E-state index contributed by atoms with van der Waals surface area (Å²) >= 11 is 0. The highest BCUT2D eigenvalue weighted by atomic mass is 19.4. The van der Waals surface area contributed by atoms with E-state index in [1.807, 2.05) is 0 Å². The second-order valence-electron chi connectivity index (χ2n) is 7.60. The van der Waals surface area contributed by atoms with Crippen molar-refractivity contribution in [1.29, 1.82) is 0 Å². The van der Waals surface area contributed by atoms with Gasteiger partial charge in [-0.1, -0.05) is 18.2 Å². The molecule has 1 aliphatic heterocycles. The summed E-state index contributed by atoms with van der Waals surface area (Å²) in [5.41, 5.74) is 1.40. The SMILES string of the molecule is COc1ccc(C2CC(C(F)(F)F)n3nc(C(=O)Nc4cc(C)ccc4O)cc3N2)cc1. The van der Waals surface area contributed by atoms with Gasteiger partial charge in [-0.3, -0.25) is 4.79 Å². The molecule has 0 saturated heterocycles. The summed E-state index contributed by atoms with van der Waals surface area (Å²) in [6.07, 6.45) is -4.85. The summed E-state index contributed by atoms with van der Waals surface area (Å²) in [6.45, 7) is 1.78. The molecule has 1 amide bonds. The fourth-order valence-electron chi connectivity index (χ4n) is 3.68. The molecule has 0 radical (unpaired) electrons. The van der Waals surface area contributed by atoms with E-state index in [1.165, 1.54) is 19.2 Å². The van der Waals surface area contributed by atoms with Gasteiger partial charge in [-0.15, -0.1) is 0 Å². The smallest absolute Gasteiger partial charge is 0.410 e. The van der Waals surface area contributed by atoms with E-state index in [9.17, 15) is 23.1 Å². The molecule has 0 saturated carbocycles. The predicted molar refractivity (Wildman–Crippen MR) is 112 cm³/mol. The first-order valence-corrected chi connectivity index (χ1v) is 9.83. The zero-order chi connectivity index (χ0) is 23.0. The Labute approximate surface area is 181 Å². The summed E-state index contributed by atoms with van der Waals surface area (Å²) in [4.78, 5) is 12.7. The molecule has 3 aromatic rings. The second kappa shape index (κ2) is 8.10. The molecular weight excluding hydrogens is 425 g/mol. The van der Waals surface area contributed by atoms with Crippen molar-refractivity contribution in [2.24, 2.45) is 0 Å². The Morgan fingerprint density at radius 1 is 1.22 bits per heavy atom. The van der Waals surface area contributed by atoms with Gasteiger partial charge in [0.05, 0.1) is 18.8 Å². The molecule has 0 bridgehead atoms. The van der Waals surface area contributed by atoms with Gasteiger partial charge in [0, 0.05) is 12.5 Å². The number of nitrogens with zero attached hydrogens (tertiary/aromatic N) is 2. The van der Waals surface area contributed by atoms with Gasteiger partial charge in [-0.05, 0) is 42.3 Å². The number of phenols is 1. The molecule has 2 atom stereocenters. The van der Waals surface area contributed by atoms with E-state index in [0.717, 1.165) is 10.2 Å².